The maximum absolute atomic E-state index is 13.4. The van der Waals surface area contributed by atoms with Gasteiger partial charge in [0.2, 0.25) is 20.0 Å². The second-order valence-electron chi connectivity index (χ2n) is 16.2. The van der Waals surface area contributed by atoms with Crippen molar-refractivity contribution in [3.05, 3.63) is 96.6 Å². The highest BCUT2D eigenvalue weighted by Crippen LogP contribution is 2.37. The van der Waals surface area contributed by atoms with Gasteiger partial charge in [-0.2, -0.15) is 0 Å². The quantitative estimate of drug-likeness (QED) is 0.0285. The van der Waals surface area contributed by atoms with Crippen LogP contribution in [-0.2, 0) is 58.8 Å². The van der Waals surface area contributed by atoms with E-state index in [-0.39, 0.29) is 109 Å². The van der Waals surface area contributed by atoms with Crippen molar-refractivity contribution in [1.29, 1.82) is 0 Å². The number of methoxy groups -OCH3 is 2. The molecule has 6 rings (SSSR count). The number of carbonyl (C=O) groups excluding carboxylic acids is 2. The molecule has 2 fully saturated rings. The Morgan fingerprint density at radius 3 is 1.57 bits per heavy atom. The molecule has 0 radical (unpaired) electrons. The van der Waals surface area contributed by atoms with Gasteiger partial charge in [-0.25, -0.2) is 54.1 Å². The largest absolute Gasteiger partial charge is 0.497 e. The van der Waals surface area contributed by atoms with Gasteiger partial charge in [0, 0.05) is 45.6 Å². The van der Waals surface area contributed by atoms with Gasteiger partial charge < -0.3 is 28.4 Å². The molecule has 22 nitrogen and oxygen atoms in total. The number of hydrogen-bond acceptors (Lipinski definition) is 18. The van der Waals surface area contributed by atoms with Crippen LogP contribution in [-0.4, -0.2) is 138 Å². The van der Waals surface area contributed by atoms with Gasteiger partial charge in [0.1, 0.15) is 34.0 Å². The topological polar surface area (TPSA) is 315 Å². The zero-order valence-corrected chi connectivity index (χ0v) is 43.4. The first kappa shape index (κ1) is 57.8. The Morgan fingerprint density at radius 1 is 0.639 bits per heavy atom. The summed E-state index contributed by atoms with van der Waals surface area (Å²) in [6.07, 6.45) is -0.798. The van der Waals surface area contributed by atoms with Crippen LogP contribution in [0.5, 0.6) is 23.0 Å². The molecule has 2 heterocycles. The van der Waals surface area contributed by atoms with Crippen LogP contribution in [0.3, 0.4) is 0 Å². The van der Waals surface area contributed by atoms with E-state index in [0.717, 1.165) is 5.56 Å². The summed E-state index contributed by atoms with van der Waals surface area (Å²) in [5.41, 5.74) is 3.91. The van der Waals surface area contributed by atoms with Crippen LogP contribution >= 0.6 is 11.6 Å². The zero-order chi connectivity index (χ0) is 52.8. The summed E-state index contributed by atoms with van der Waals surface area (Å²) in [6.45, 7) is 2.30. The molecule has 27 heteroatoms. The van der Waals surface area contributed by atoms with Crippen molar-refractivity contribution in [2.24, 2.45) is 0 Å². The predicted octanol–water partition coefficient (Wildman–Crippen LogP) is 3.07. The lowest BCUT2D eigenvalue weighted by Gasteiger charge is -2.34. The first-order valence-electron chi connectivity index (χ1n) is 22.0. The maximum atomic E-state index is 13.4. The number of rotatable bonds is 22. The Labute approximate surface area is 423 Å². The van der Waals surface area contributed by atoms with E-state index in [1.54, 1.807) is 30.3 Å². The van der Waals surface area contributed by atoms with E-state index in [9.17, 15) is 43.3 Å². The number of benzene rings is 4. The fourth-order valence-electron chi connectivity index (χ4n) is 7.57. The number of hydroxylamine groups is 2. The maximum Gasteiger partial charge on any atom is 0.265 e. The minimum absolute atomic E-state index is 0.0444. The van der Waals surface area contributed by atoms with Crippen molar-refractivity contribution >= 4 is 63.1 Å². The molecule has 2 aliphatic heterocycles. The molecule has 1 unspecified atom stereocenters. The van der Waals surface area contributed by atoms with E-state index in [1.165, 1.54) is 85.8 Å². The minimum atomic E-state index is -4.21. The normalized spacial score (nSPS) is 16.2. The number of amides is 2. The van der Waals surface area contributed by atoms with Crippen molar-refractivity contribution in [3.63, 3.8) is 0 Å². The van der Waals surface area contributed by atoms with Gasteiger partial charge in [-0.1, -0.05) is 17.7 Å². The molecule has 4 aromatic carbocycles. The average molecular weight is 1110 g/mol. The molecular formula is C45H57ClN4O18S4. The Hall–Kier alpha value is -5.13. The summed E-state index contributed by atoms with van der Waals surface area (Å²) in [4.78, 5) is 24.5. The first-order valence-corrected chi connectivity index (χ1v) is 28.5. The van der Waals surface area contributed by atoms with Crippen LogP contribution in [0.25, 0.3) is 0 Å². The molecule has 2 amide bonds. The lowest BCUT2D eigenvalue weighted by molar-refractivity contribution is -0.135. The second kappa shape index (κ2) is 25.2. The molecule has 72 heavy (non-hydrogen) atoms. The zero-order valence-electron chi connectivity index (χ0n) is 39.4. The number of halogens is 1. The molecule has 1 atom stereocenters. The Bertz CT molecular complexity index is 2920. The van der Waals surface area contributed by atoms with Gasteiger partial charge in [-0.15, -0.1) is 11.6 Å². The summed E-state index contributed by atoms with van der Waals surface area (Å²) in [5.74, 6) is -1.03. The van der Waals surface area contributed by atoms with Crippen LogP contribution in [0.1, 0.15) is 37.7 Å². The van der Waals surface area contributed by atoms with E-state index >= 15 is 0 Å². The van der Waals surface area contributed by atoms with E-state index in [4.69, 9.17) is 50.4 Å². The van der Waals surface area contributed by atoms with Gasteiger partial charge in [0.25, 0.3) is 11.8 Å². The summed E-state index contributed by atoms with van der Waals surface area (Å²) in [5, 5.41) is 18.3. The van der Waals surface area contributed by atoms with E-state index in [1.807, 2.05) is 6.92 Å². The molecule has 0 bridgehead atoms. The number of nitrogens with one attached hydrogen (secondary N) is 4. The highest BCUT2D eigenvalue weighted by molar-refractivity contribution is 7.94. The summed E-state index contributed by atoms with van der Waals surface area (Å²) < 4.78 is 137. The van der Waals surface area contributed by atoms with Gasteiger partial charge in [-0.05, 0) is 112 Å². The minimum Gasteiger partial charge on any atom is -0.497 e. The molecule has 2 aliphatic rings. The number of sulfonamides is 2. The van der Waals surface area contributed by atoms with Crippen LogP contribution in [0.2, 0.25) is 0 Å². The van der Waals surface area contributed by atoms with Crippen molar-refractivity contribution in [2.45, 2.75) is 74.2 Å². The number of hydrogen-bond donors (Lipinski definition) is 6. The van der Waals surface area contributed by atoms with Crippen molar-refractivity contribution in [1.82, 2.24) is 20.4 Å². The number of alkyl halides is 1. The monoisotopic (exact) mass is 1100 g/mol. The SMILES string of the molecule is COc1ccc(OC)c(S(=O)(=O)NCC(CCl)Oc2ccc(S(=O)(=O)C3(C(=O)NO)CCOCC3)cc2)c1.Cc1ccc(S(=O)(=O)NCCCOc2ccc(S(=O)(=O)C3(C(=O)NO)CCOCC3)cc2)cc1. The van der Waals surface area contributed by atoms with Crippen molar-refractivity contribution in [3.8, 4) is 23.0 Å². The number of carbonyl (C=O) groups is 2. The van der Waals surface area contributed by atoms with E-state index < -0.39 is 67.1 Å². The highest BCUT2D eigenvalue weighted by atomic mass is 35.5. The molecule has 6 N–H and O–H groups in total. The lowest BCUT2D eigenvalue weighted by atomic mass is 9.98. The molecular weight excluding hydrogens is 1050 g/mol. The van der Waals surface area contributed by atoms with Crippen molar-refractivity contribution < 1.29 is 82.1 Å². The van der Waals surface area contributed by atoms with Gasteiger partial charge >= 0.3 is 0 Å². The first-order chi connectivity index (χ1) is 34.2. The highest BCUT2D eigenvalue weighted by Gasteiger charge is 2.53. The van der Waals surface area contributed by atoms with Gasteiger partial charge in [0.15, 0.2) is 29.2 Å². The number of ether oxygens (including phenoxy) is 6. The number of sulfone groups is 2. The lowest BCUT2D eigenvalue weighted by Crippen LogP contribution is -2.54. The van der Waals surface area contributed by atoms with E-state index in [2.05, 4.69) is 9.44 Å². The van der Waals surface area contributed by atoms with Crippen LogP contribution in [0, 0.1) is 6.92 Å². The second-order valence-corrected chi connectivity index (χ2v) is 24.6. The Balaban J connectivity index is 0.000000269. The fraction of sp³-hybridized carbons (Fsp3) is 0.422. The number of aryl methyl sites for hydroxylation is 1. The molecule has 2 saturated heterocycles. The molecule has 4 aromatic rings. The molecule has 0 saturated carbocycles. The Morgan fingerprint density at radius 2 is 1.11 bits per heavy atom. The molecule has 396 valence electrons. The Kier molecular flexibility index (Phi) is 20.2. The standard InChI is InChI=1S/C23H29ClN2O10S2.C22H28N2O8S2/c1-33-17-5-8-20(34-2)21(13-17)38(31,32)25-15-18(14-24)36-16-3-6-19(7-4-16)37(29,30)23(22(27)26-28)9-11-35-12-10-23;1-17-3-7-20(8-4-17)34(29,30)23-13-2-14-32-18-5-9-19(10-6-18)33(27,28)22(21(25)24-26)11-15-31-16-12-22/h3-8,13,18,25,28H,9-12,14-15H2,1-2H3,(H,26,27);3-10,23,26H,2,11-16H2,1H3,(H,24,25). The third-order valence-corrected chi connectivity index (χ3v) is 20.1. The van der Waals surface area contributed by atoms with E-state index in [0.29, 0.717) is 17.9 Å². The van der Waals surface area contributed by atoms with Crippen molar-refractivity contribution in [2.75, 3.05) is 66.2 Å². The summed E-state index contributed by atoms with van der Waals surface area (Å²) in [6, 6.07) is 21.8. The van der Waals surface area contributed by atoms with Gasteiger partial charge in [0.05, 0.1) is 41.4 Å². The van der Waals surface area contributed by atoms with Crippen LogP contribution < -0.4 is 39.4 Å². The smallest absolute Gasteiger partial charge is 0.265 e. The molecule has 0 aromatic heterocycles. The molecule has 0 spiro atoms. The third kappa shape index (κ3) is 13.3. The fourth-order valence-corrected chi connectivity index (χ4v) is 13.9. The summed E-state index contributed by atoms with van der Waals surface area (Å²) in [7, 11) is -13.2. The average Bonchev–Trinajstić information content (AvgIpc) is 3.39. The van der Waals surface area contributed by atoms with Crippen LogP contribution in [0.4, 0.5) is 0 Å². The molecule has 0 aliphatic carbocycles. The predicted molar refractivity (Wildman–Crippen MR) is 259 cm³/mol. The summed E-state index contributed by atoms with van der Waals surface area (Å²) >= 11 is 5.99. The van der Waals surface area contributed by atoms with Crippen LogP contribution in [0.15, 0.2) is 111 Å². The van der Waals surface area contributed by atoms with Gasteiger partial charge in [-0.3, -0.25) is 20.0 Å². The third-order valence-electron chi connectivity index (χ3n) is 11.8.